The molecule has 2 aromatic rings. The molecule has 3 nitrogen and oxygen atoms in total. The molecule has 0 radical (unpaired) electrons. The molecule has 1 aliphatic heterocycles. The summed E-state index contributed by atoms with van der Waals surface area (Å²) >= 11 is 0. The third-order valence-electron chi connectivity index (χ3n) is 6.88. The highest BCUT2D eigenvalue weighted by Gasteiger charge is 2.37. The maximum Gasteiger partial charge on any atom is 0.311 e. The van der Waals surface area contributed by atoms with Crippen molar-refractivity contribution in [3.8, 4) is 0 Å². The van der Waals surface area contributed by atoms with E-state index in [-0.39, 0.29) is 5.97 Å². The fourth-order valence-corrected chi connectivity index (χ4v) is 4.59. The molecule has 156 valence electrons. The number of ether oxygens (including phenoxy) is 1. The lowest BCUT2D eigenvalue weighted by molar-refractivity contribution is -0.154. The lowest BCUT2D eigenvalue weighted by atomic mass is 9.73. The Morgan fingerprint density at radius 1 is 1.00 bits per heavy atom. The van der Waals surface area contributed by atoms with Crippen LogP contribution < -0.4 is 0 Å². The van der Waals surface area contributed by atoms with Gasteiger partial charge in [-0.2, -0.15) is 0 Å². The first-order chi connectivity index (χ1) is 13.9. The van der Waals surface area contributed by atoms with E-state index in [1.54, 1.807) is 0 Å². The Labute approximate surface area is 176 Å². The third-order valence-corrected chi connectivity index (χ3v) is 6.88. The highest BCUT2D eigenvalue weighted by atomic mass is 16.5. The number of nitrogens with zero attached hydrogens (tertiary/aromatic N) is 1. The predicted octanol–water partition coefficient (Wildman–Crippen LogP) is 5.71. The van der Waals surface area contributed by atoms with Crippen molar-refractivity contribution >= 4 is 5.97 Å². The first-order valence-electron chi connectivity index (χ1n) is 10.9. The van der Waals surface area contributed by atoms with Crippen molar-refractivity contribution in [1.29, 1.82) is 0 Å². The average molecular weight is 394 g/mol. The molecular formula is C26H35NO2. The topological polar surface area (TPSA) is 29.5 Å². The van der Waals surface area contributed by atoms with Crippen LogP contribution in [0.5, 0.6) is 0 Å². The van der Waals surface area contributed by atoms with Gasteiger partial charge in [-0.25, -0.2) is 0 Å². The van der Waals surface area contributed by atoms with Crippen LogP contribution in [0.25, 0.3) is 0 Å². The highest BCUT2D eigenvalue weighted by Crippen LogP contribution is 2.38. The fourth-order valence-electron chi connectivity index (χ4n) is 4.59. The number of methoxy groups -OCH3 is 1. The quantitative estimate of drug-likeness (QED) is 0.564. The van der Waals surface area contributed by atoms with Crippen LogP contribution in [0.1, 0.15) is 57.2 Å². The zero-order valence-corrected chi connectivity index (χ0v) is 18.3. The van der Waals surface area contributed by atoms with E-state index in [0.29, 0.717) is 17.9 Å². The minimum absolute atomic E-state index is 0.101. The second-order valence-electron chi connectivity index (χ2n) is 9.05. The van der Waals surface area contributed by atoms with Crippen LogP contribution in [0.3, 0.4) is 0 Å². The Kier molecular flexibility index (Phi) is 7.13. The van der Waals surface area contributed by atoms with Crippen LogP contribution in [-0.2, 0) is 9.53 Å². The second kappa shape index (κ2) is 9.58. The SMILES string of the molecule is COC(=O)C(C)(C)C(C)CC1CCN(C(c2ccccc2)c2ccccc2)CC1. The lowest BCUT2D eigenvalue weighted by Crippen LogP contribution is -2.39. The molecule has 2 aromatic carbocycles. The summed E-state index contributed by atoms with van der Waals surface area (Å²) in [6.07, 6.45) is 3.44. The minimum atomic E-state index is -0.428. The molecule has 0 N–H and O–H groups in total. The van der Waals surface area contributed by atoms with E-state index in [4.69, 9.17) is 4.74 Å². The van der Waals surface area contributed by atoms with Crippen LogP contribution in [0.15, 0.2) is 60.7 Å². The Morgan fingerprint density at radius 3 is 1.93 bits per heavy atom. The van der Waals surface area contributed by atoms with E-state index in [0.717, 1.165) is 19.5 Å². The third kappa shape index (κ3) is 5.08. The molecule has 29 heavy (non-hydrogen) atoms. The molecule has 1 aliphatic rings. The number of piperidine rings is 1. The number of rotatable bonds is 7. The van der Waals surface area contributed by atoms with Gasteiger partial charge in [-0.3, -0.25) is 9.69 Å². The molecule has 0 aliphatic carbocycles. The average Bonchev–Trinajstić information content (AvgIpc) is 2.76. The Morgan fingerprint density at radius 2 is 1.48 bits per heavy atom. The van der Waals surface area contributed by atoms with Crippen LogP contribution in [0, 0.1) is 17.3 Å². The van der Waals surface area contributed by atoms with E-state index in [9.17, 15) is 4.79 Å². The van der Waals surface area contributed by atoms with Gasteiger partial charge in [0.05, 0.1) is 18.6 Å². The monoisotopic (exact) mass is 393 g/mol. The summed E-state index contributed by atoms with van der Waals surface area (Å²) in [4.78, 5) is 14.8. The van der Waals surface area contributed by atoms with Crippen molar-refractivity contribution in [1.82, 2.24) is 4.90 Å². The number of carbonyl (C=O) groups excluding carboxylic acids is 1. The van der Waals surface area contributed by atoms with Crippen LogP contribution in [0.2, 0.25) is 0 Å². The van der Waals surface area contributed by atoms with Gasteiger partial charge in [-0.1, -0.05) is 67.6 Å². The first kappa shape index (κ1) is 21.6. The molecule has 0 aromatic heterocycles. The zero-order chi connectivity index (χ0) is 20.9. The number of benzene rings is 2. The van der Waals surface area contributed by atoms with Gasteiger partial charge in [-0.15, -0.1) is 0 Å². The Bertz CT molecular complexity index is 724. The molecule has 0 amide bonds. The molecule has 1 unspecified atom stereocenters. The minimum Gasteiger partial charge on any atom is -0.469 e. The summed E-state index contributed by atoms with van der Waals surface area (Å²) in [6.45, 7) is 8.40. The largest absolute Gasteiger partial charge is 0.469 e. The number of likely N-dealkylation sites (tertiary alicyclic amines) is 1. The lowest BCUT2D eigenvalue weighted by Gasteiger charge is -2.40. The number of hydrogen-bond donors (Lipinski definition) is 0. The van der Waals surface area contributed by atoms with Gasteiger partial charge < -0.3 is 4.74 Å². The van der Waals surface area contributed by atoms with Crippen LogP contribution in [-0.4, -0.2) is 31.1 Å². The predicted molar refractivity (Wildman–Crippen MR) is 119 cm³/mol. The Hall–Kier alpha value is -2.13. The van der Waals surface area contributed by atoms with Gasteiger partial charge >= 0.3 is 5.97 Å². The van der Waals surface area contributed by atoms with E-state index < -0.39 is 5.41 Å². The maximum atomic E-state index is 12.1. The van der Waals surface area contributed by atoms with Gasteiger partial charge in [0.1, 0.15) is 0 Å². The fraction of sp³-hybridized carbons (Fsp3) is 0.500. The summed E-state index contributed by atoms with van der Waals surface area (Å²) in [7, 11) is 1.49. The van der Waals surface area contributed by atoms with Crippen molar-refractivity contribution in [2.24, 2.45) is 17.3 Å². The van der Waals surface area contributed by atoms with Crippen molar-refractivity contribution < 1.29 is 9.53 Å². The normalized spacial score (nSPS) is 17.3. The summed E-state index contributed by atoms with van der Waals surface area (Å²) in [5, 5.41) is 0. The molecule has 0 spiro atoms. The summed E-state index contributed by atoms with van der Waals surface area (Å²) < 4.78 is 5.02. The van der Waals surface area contributed by atoms with E-state index >= 15 is 0 Å². The smallest absolute Gasteiger partial charge is 0.311 e. The second-order valence-corrected chi connectivity index (χ2v) is 9.05. The van der Waals surface area contributed by atoms with Gasteiger partial charge in [0.15, 0.2) is 0 Å². The highest BCUT2D eigenvalue weighted by molar-refractivity contribution is 5.76. The Balaban J connectivity index is 1.67. The molecule has 0 bridgehead atoms. The molecule has 1 saturated heterocycles. The molecule has 1 fully saturated rings. The van der Waals surface area contributed by atoms with Gasteiger partial charge in [0.2, 0.25) is 0 Å². The molecule has 1 heterocycles. The van der Waals surface area contributed by atoms with E-state index in [1.165, 1.54) is 31.1 Å². The standard InChI is InChI=1S/C26H35NO2/c1-20(26(2,3)25(28)29-4)19-21-15-17-27(18-16-21)24(22-11-7-5-8-12-22)23-13-9-6-10-14-23/h5-14,20-21,24H,15-19H2,1-4H3. The van der Waals surface area contributed by atoms with Crippen LogP contribution in [0.4, 0.5) is 0 Å². The molecule has 0 saturated carbocycles. The molecular weight excluding hydrogens is 358 g/mol. The van der Waals surface area contributed by atoms with Crippen molar-refractivity contribution in [2.75, 3.05) is 20.2 Å². The van der Waals surface area contributed by atoms with Gasteiger partial charge in [0.25, 0.3) is 0 Å². The molecule has 3 heteroatoms. The summed E-state index contributed by atoms with van der Waals surface area (Å²) in [5.41, 5.74) is 2.29. The van der Waals surface area contributed by atoms with Gasteiger partial charge in [0, 0.05) is 0 Å². The zero-order valence-electron chi connectivity index (χ0n) is 18.3. The number of carbonyl (C=O) groups is 1. The van der Waals surface area contributed by atoms with Gasteiger partial charge in [-0.05, 0) is 69.2 Å². The molecule has 3 rings (SSSR count). The van der Waals surface area contributed by atoms with Crippen LogP contribution >= 0.6 is 0 Å². The van der Waals surface area contributed by atoms with Crippen molar-refractivity contribution in [2.45, 2.75) is 46.1 Å². The van der Waals surface area contributed by atoms with E-state index in [1.807, 2.05) is 13.8 Å². The summed E-state index contributed by atoms with van der Waals surface area (Å²) in [5.74, 6) is 0.874. The van der Waals surface area contributed by atoms with Crippen molar-refractivity contribution in [3.05, 3.63) is 71.8 Å². The maximum absolute atomic E-state index is 12.1. The molecule has 1 atom stereocenters. The number of hydrogen-bond acceptors (Lipinski definition) is 3. The first-order valence-corrected chi connectivity index (χ1v) is 10.9. The number of esters is 1. The van der Waals surface area contributed by atoms with Crippen molar-refractivity contribution in [3.63, 3.8) is 0 Å². The summed E-state index contributed by atoms with van der Waals surface area (Å²) in [6, 6.07) is 22.0. The van der Waals surface area contributed by atoms with E-state index in [2.05, 4.69) is 72.5 Å².